The van der Waals surface area contributed by atoms with Crippen molar-refractivity contribution in [2.45, 2.75) is 31.7 Å². The van der Waals surface area contributed by atoms with Crippen LogP contribution in [0.25, 0.3) is 0 Å². The summed E-state index contributed by atoms with van der Waals surface area (Å²) in [6, 6.07) is 9.34. The van der Waals surface area contributed by atoms with Crippen LogP contribution in [0.5, 0.6) is 11.5 Å². The maximum Gasteiger partial charge on any atom is 0.251 e. The fourth-order valence-corrected chi connectivity index (χ4v) is 4.97. The van der Waals surface area contributed by atoms with E-state index in [0.717, 1.165) is 5.56 Å². The minimum absolute atomic E-state index is 0.229. The van der Waals surface area contributed by atoms with Gasteiger partial charge in [-0.05, 0) is 36.8 Å². The monoisotopic (exact) mass is 452 g/mol. The van der Waals surface area contributed by atoms with Crippen LogP contribution in [0.3, 0.4) is 0 Å². The molecule has 1 amide bonds. The maximum absolute atomic E-state index is 12.7. The predicted molar refractivity (Wildman–Crippen MR) is 115 cm³/mol. The molecule has 0 fully saturated rings. The van der Waals surface area contributed by atoms with Crippen molar-refractivity contribution in [3.8, 4) is 11.5 Å². The Balaban J connectivity index is 1.74. The van der Waals surface area contributed by atoms with E-state index < -0.39 is 10.0 Å². The van der Waals surface area contributed by atoms with Crippen LogP contribution in [-0.2, 0) is 10.0 Å². The molecule has 0 spiro atoms. The highest BCUT2D eigenvalue weighted by atomic mass is 35.5. The summed E-state index contributed by atoms with van der Waals surface area (Å²) < 4.78 is 37.6. The molecule has 7 nitrogen and oxygen atoms in total. The summed E-state index contributed by atoms with van der Waals surface area (Å²) >= 11 is 6.21. The topological polar surface area (TPSA) is 84.9 Å². The minimum Gasteiger partial charge on any atom is -0.486 e. The lowest BCUT2D eigenvalue weighted by molar-refractivity contribution is 0.0938. The first-order valence-corrected chi connectivity index (χ1v) is 11.6. The highest BCUT2D eigenvalue weighted by Gasteiger charge is 2.23. The Kier molecular flexibility index (Phi) is 6.90. The number of carbonyl (C=O) groups is 1. The van der Waals surface area contributed by atoms with Crippen molar-refractivity contribution in [2.75, 3.05) is 26.3 Å². The van der Waals surface area contributed by atoms with E-state index in [4.69, 9.17) is 21.1 Å². The molecule has 9 heteroatoms. The molecular weight excluding hydrogens is 428 g/mol. The van der Waals surface area contributed by atoms with E-state index in [-0.39, 0.29) is 16.8 Å². The molecule has 1 unspecified atom stereocenters. The van der Waals surface area contributed by atoms with Gasteiger partial charge >= 0.3 is 0 Å². The molecular formula is C21H25ClN2O5S. The Morgan fingerprint density at radius 2 is 1.77 bits per heavy atom. The molecule has 1 aliphatic rings. The summed E-state index contributed by atoms with van der Waals surface area (Å²) in [4.78, 5) is 12.9. The maximum atomic E-state index is 12.7. The zero-order valence-corrected chi connectivity index (χ0v) is 18.7. The van der Waals surface area contributed by atoms with Crippen molar-refractivity contribution in [3.05, 3.63) is 52.5 Å². The fraction of sp³-hybridized carbons (Fsp3) is 0.381. The molecule has 0 bridgehead atoms. The Morgan fingerprint density at radius 1 is 1.13 bits per heavy atom. The fourth-order valence-electron chi connectivity index (χ4n) is 3.25. The predicted octanol–water partition coefficient (Wildman–Crippen LogP) is 3.63. The first-order chi connectivity index (χ1) is 14.3. The van der Waals surface area contributed by atoms with Crippen molar-refractivity contribution in [1.82, 2.24) is 9.62 Å². The van der Waals surface area contributed by atoms with Crippen molar-refractivity contribution in [1.29, 1.82) is 0 Å². The second-order valence-corrected chi connectivity index (χ2v) is 9.18. The average Bonchev–Trinajstić information content (AvgIpc) is 2.74. The van der Waals surface area contributed by atoms with Crippen LogP contribution in [0, 0.1) is 0 Å². The van der Waals surface area contributed by atoms with Gasteiger partial charge in [-0.15, -0.1) is 0 Å². The standard InChI is InChI=1S/C21H25ClN2O5S/c1-4-24(5-2)30(26,27)17-8-6-15(7-9-17)14(3)23-21(25)16-12-18(22)20-19(13-16)28-10-11-29-20/h6-9,12-14H,4-5,10-11H2,1-3H3,(H,23,25). The Morgan fingerprint density at radius 3 is 2.40 bits per heavy atom. The summed E-state index contributed by atoms with van der Waals surface area (Å²) in [6.45, 7) is 7.05. The van der Waals surface area contributed by atoms with E-state index in [0.29, 0.717) is 48.4 Å². The smallest absolute Gasteiger partial charge is 0.251 e. The lowest BCUT2D eigenvalue weighted by Gasteiger charge is -2.21. The summed E-state index contributed by atoms with van der Waals surface area (Å²) in [5.41, 5.74) is 1.14. The molecule has 1 N–H and O–H groups in total. The van der Waals surface area contributed by atoms with Crippen LogP contribution < -0.4 is 14.8 Å². The van der Waals surface area contributed by atoms with Gasteiger partial charge in [0, 0.05) is 18.7 Å². The number of benzene rings is 2. The Hall–Kier alpha value is -2.29. The van der Waals surface area contributed by atoms with Crippen LogP contribution in [-0.4, -0.2) is 44.9 Å². The summed E-state index contributed by atoms with van der Waals surface area (Å²) in [6.07, 6.45) is 0. The Bertz CT molecular complexity index is 1020. The number of rotatable bonds is 7. The molecule has 30 heavy (non-hydrogen) atoms. The molecule has 162 valence electrons. The third-order valence-electron chi connectivity index (χ3n) is 4.93. The molecule has 3 rings (SSSR count). The van der Waals surface area contributed by atoms with Gasteiger partial charge in [0.05, 0.1) is 16.0 Å². The summed E-state index contributed by atoms with van der Waals surface area (Å²) in [5, 5.41) is 3.21. The van der Waals surface area contributed by atoms with Crippen molar-refractivity contribution >= 4 is 27.5 Å². The molecule has 2 aromatic carbocycles. The van der Waals surface area contributed by atoms with Gasteiger partial charge < -0.3 is 14.8 Å². The molecule has 1 heterocycles. The number of hydrogen-bond donors (Lipinski definition) is 1. The molecule has 1 aliphatic heterocycles. The molecule has 0 radical (unpaired) electrons. The lowest BCUT2D eigenvalue weighted by Crippen LogP contribution is -2.30. The molecule has 0 saturated carbocycles. The highest BCUT2D eigenvalue weighted by molar-refractivity contribution is 7.89. The van der Waals surface area contributed by atoms with Gasteiger partial charge in [0.2, 0.25) is 10.0 Å². The normalized spacial score (nSPS) is 14.4. The molecule has 0 saturated heterocycles. The second kappa shape index (κ2) is 9.24. The van der Waals surface area contributed by atoms with E-state index in [1.165, 1.54) is 10.4 Å². The number of hydrogen-bond acceptors (Lipinski definition) is 5. The van der Waals surface area contributed by atoms with Gasteiger partial charge in [0.25, 0.3) is 5.91 Å². The van der Waals surface area contributed by atoms with Gasteiger partial charge in [0.15, 0.2) is 11.5 Å². The largest absolute Gasteiger partial charge is 0.486 e. The van der Waals surface area contributed by atoms with E-state index in [1.54, 1.807) is 44.2 Å². The van der Waals surface area contributed by atoms with E-state index >= 15 is 0 Å². The number of sulfonamides is 1. The lowest BCUT2D eigenvalue weighted by atomic mass is 10.1. The number of fused-ring (bicyclic) bond motifs is 1. The number of carbonyl (C=O) groups excluding carboxylic acids is 1. The summed E-state index contributed by atoms with van der Waals surface area (Å²) in [7, 11) is -3.52. The van der Waals surface area contributed by atoms with Crippen LogP contribution in [0.15, 0.2) is 41.3 Å². The highest BCUT2D eigenvalue weighted by Crippen LogP contribution is 2.38. The average molecular weight is 453 g/mol. The molecule has 1 atom stereocenters. The van der Waals surface area contributed by atoms with Crippen LogP contribution >= 0.6 is 11.6 Å². The first kappa shape index (κ1) is 22.4. The van der Waals surface area contributed by atoms with Gasteiger partial charge in [-0.3, -0.25) is 4.79 Å². The molecule has 0 aromatic heterocycles. The van der Waals surface area contributed by atoms with Crippen molar-refractivity contribution in [2.24, 2.45) is 0 Å². The third kappa shape index (κ3) is 4.55. The van der Waals surface area contributed by atoms with E-state index in [1.807, 2.05) is 6.92 Å². The third-order valence-corrected chi connectivity index (χ3v) is 7.27. The zero-order valence-electron chi connectivity index (χ0n) is 17.1. The molecule has 2 aromatic rings. The summed E-state index contributed by atoms with van der Waals surface area (Å²) in [5.74, 6) is 0.566. The zero-order chi connectivity index (χ0) is 21.9. The number of halogens is 1. The van der Waals surface area contributed by atoms with Crippen LogP contribution in [0.4, 0.5) is 0 Å². The van der Waals surface area contributed by atoms with Crippen LogP contribution in [0.1, 0.15) is 42.7 Å². The van der Waals surface area contributed by atoms with Gasteiger partial charge in [-0.25, -0.2) is 8.42 Å². The van der Waals surface area contributed by atoms with Gasteiger partial charge in [0.1, 0.15) is 13.2 Å². The van der Waals surface area contributed by atoms with Gasteiger partial charge in [-0.1, -0.05) is 37.6 Å². The first-order valence-electron chi connectivity index (χ1n) is 9.78. The van der Waals surface area contributed by atoms with Crippen molar-refractivity contribution in [3.63, 3.8) is 0 Å². The number of nitrogens with one attached hydrogen (secondary N) is 1. The Labute approximate surface area is 182 Å². The van der Waals surface area contributed by atoms with Gasteiger partial charge in [-0.2, -0.15) is 4.31 Å². The number of amides is 1. The second-order valence-electron chi connectivity index (χ2n) is 6.84. The van der Waals surface area contributed by atoms with E-state index in [2.05, 4.69) is 5.32 Å². The molecule has 0 aliphatic carbocycles. The van der Waals surface area contributed by atoms with Crippen LogP contribution in [0.2, 0.25) is 5.02 Å². The van der Waals surface area contributed by atoms with Crippen molar-refractivity contribution < 1.29 is 22.7 Å². The quantitative estimate of drug-likeness (QED) is 0.693. The number of ether oxygens (including phenoxy) is 2. The SMILES string of the molecule is CCN(CC)S(=O)(=O)c1ccc(C(C)NC(=O)c2cc(Cl)c3c(c2)OCCO3)cc1. The number of nitrogens with zero attached hydrogens (tertiary/aromatic N) is 1. The van der Waals surface area contributed by atoms with E-state index in [9.17, 15) is 13.2 Å². The minimum atomic E-state index is -3.52.